The maximum atomic E-state index is 13.0. The van der Waals surface area contributed by atoms with Crippen molar-refractivity contribution in [1.82, 2.24) is 0 Å². The van der Waals surface area contributed by atoms with Crippen molar-refractivity contribution in [2.75, 3.05) is 0 Å². The van der Waals surface area contributed by atoms with E-state index in [0.29, 0.717) is 27.6 Å². The van der Waals surface area contributed by atoms with Crippen molar-refractivity contribution in [3.05, 3.63) is 54.1 Å². The van der Waals surface area contributed by atoms with Crippen LogP contribution < -0.4 is 0 Å². The molecule has 0 heterocycles. The molecule has 0 aliphatic heterocycles. The molecule has 0 amide bonds. The molecular weight excluding hydrogens is 500 g/mol. The van der Waals surface area contributed by atoms with Gasteiger partial charge in [0.25, 0.3) is 0 Å². The average molecular weight is 557 g/mol. The summed E-state index contributed by atoms with van der Waals surface area (Å²) in [5.41, 5.74) is 4.05. The molecule has 5 fully saturated rings. The average Bonchev–Trinajstić information content (AvgIpc) is 3.28. The van der Waals surface area contributed by atoms with Crippen LogP contribution in [0.1, 0.15) is 118 Å². The maximum absolute atomic E-state index is 13.0. The van der Waals surface area contributed by atoms with E-state index in [4.69, 9.17) is 4.74 Å². The van der Waals surface area contributed by atoms with E-state index in [1.54, 1.807) is 6.08 Å². The van der Waals surface area contributed by atoms with Gasteiger partial charge in [0, 0.05) is 11.5 Å². The fourth-order valence-electron chi connectivity index (χ4n) is 12.6. The van der Waals surface area contributed by atoms with E-state index in [9.17, 15) is 4.79 Å². The third-order valence-corrected chi connectivity index (χ3v) is 14.9. The molecule has 10 atom stereocenters. The zero-order chi connectivity index (χ0) is 29.4. The van der Waals surface area contributed by atoms with Crippen molar-refractivity contribution >= 4 is 12.0 Å². The van der Waals surface area contributed by atoms with Crippen LogP contribution in [0.2, 0.25) is 0 Å². The number of esters is 1. The van der Waals surface area contributed by atoms with E-state index in [1.165, 1.54) is 63.4 Å². The summed E-state index contributed by atoms with van der Waals surface area (Å²) in [6.07, 6.45) is 16.6. The van der Waals surface area contributed by atoms with Gasteiger partial charge in [-0.2, -0.15) is 0 Å². The van der Waals surface area contributed by atoms with Crippen molar-refractivity contribution in [3.63, 3.8) is 0 Å². The van der Waals surface area contributed by atoms with E-state index < -0.39 is 0 Å². The molecule has 0 aromatic heterocycles. The van der Waals surface area contributed by atoms with Gasteiger partial charge in [-0.05, 0) is 134 Å². The summed E-state index contributed by atoms with van der Waals surface area (Å²) in [7, 11) is 0. The Kier molecular flexibility index (Phi) is 7.03. The zero-order valence-electron chi connectivity index (χ0n) is 27.1. The molecule has 0 bridgehead atoms. The maximum Gasteiger partial charge on any atom is 0.331 e. The number of ether oxygens (including phenoxy) is 1. The number of carbonyl (C=O) groups is 1. The lowest BCUT2D eigenvalue weighted by atomic mass is 9.32. The molecule has 0 spiro atoms. The van der Waals surface area contributed by atoms with Crippen LogP contribution in [0.15, 0.2) is 48.6 Å². The van der Waals surface area contributed by atoms with Gasteiger partial charge >= 0.3 is 5.97 Å². The molecule has 2 heteroatoms. The first-order chi connectivity index (χ1) is 19.3. The molecule has 5 aliphatic carbocycles. The van der Waals surface area contributed by atoms with Crippen LogP contribution in [0.25, 0.3) is 6.08 Å². The van der Waals surface area contributed by atoms with Crippen LogP contribution in [0.3, 0.4) is 0 Å². The predicted molar refractivity (Wildman–Crippen MR) is 170 cm³/mol. The third kappa shape index (κ3) is 4.27. The molecule has 0 N–H and O–H groups in total. The molecule has 1 aromatic rings. The number of hydrogen-bond acceptors (Lipinski definition) is 2. The summed E-state index contributed by atoms with van der Waals surface area (Å²) >= 11 is 0. The summed E-state index contributed by atoms with van der Waals surface area (Å²) in [5.74, 6) is 3.50. The number of allylic oxidation sites excluding steroid dienone is 1. The SMILES string of the molecule is C=C(C)[C@@H]1CC[C@]2(C)CC[C@]3(C)[C@H](CC[C@H]4[C@@]5(C)CC[C@H](OC(=O)C=Cc6ccccc6)C(C)(C)[C@H]5CC[C@]43C)[C@@H]12. The predicted octanol–water partition coefficient (Wildman–Crippen LogP) is 10.3. The third-order valence-electron chi connectivity index (χ3n) is 14.9. The fraction of sp³-hybridized carbons (Fsp3) is 0.718. The highest BCUT2D eigenvalue weighted by molar-refractivity contribution is 5.87. The minimum Gasteiger partial charge on any atom is -0.459 e. The van der Waals surface area contributed by atoms with E-state index in [-0.39, 0.29) is 17.5 Å². The summed E-state index contributed by atoms with van der Waals surface area (Å²) in [6.45, 7) is 22.4. The Morgan fingerprint density at radius 3 is 2.27 bits per heavy atom. The standard InChI is InChI=1S/C39H56O2/c1-26(2)28-18-21-36(5)24-25-38(7)29(34(28)36)15-16-31-37(6)22-20-32(35(3,4)30(37)19-23-39(31,38)8)41-33(40)17-14-27-12-10-9-11-13-27/h9-14,17,28-32,34H,1,15-16,18-25H2,2-8H3/t28-,29+,30+,31-,32-,34+,36+,37-,38+,39+/m0/s1. The Hall–Kier alpha value is -1.83. The number of rotatable bonds is 4. The Morgan fingerprint density at radius 1 is 0.829 bits per heavy atom. The Labute approximate surface area is 250 Å². The van der Waals surface area contributed by atoms with Crippen LogP contribution in [0.4, 0.5) is 0 Å². The molecule has 224 valence electrons. The topological polar surface area (TPSA) is 26.3 Å². The van der Waals surface area contributed by atoms with E-state index in [1.807, 2.05) is 36.4 Å². The number of hydrogen-bond donors (Lipinski definition) is 0. The zero-order valence-corrected chi connectivity index (χ0v) is 27.1. The van der Waals surface area contributed by atoms with Crippen LogP contribution >= 0.6 is 0 Å². The lowest BCUT2D eigenvalue weighted by Gasteiger charge is -2.73. The Balaban J connectivity index is 1.24. The van der Waals surface area contributed by atoms with Crippen LogP contribution in [-0.2, 0) is 9.53 Å². The molecule has 41 heavy (non-hydrogen) atoms. The number of fused-ring (bicyclic) bond motifs is 7. The van der Waals surface area contributed by atoms with Gasteiger partial charge in [-0.1, -0.05) is 84.0 Å². The summed E-state index contributed by atoms with van der Waals surface area (Å²) in [5, 5.41) is 0. The first-order valence-corrected chi connectivity index (χ1v) is 16.9. The van der Waals surface area contributed by atoms with Crippen molar-refractivity contribution in [1.29, 1.82) is 0 Å². The lowest BCUT2D eigenvalue weighted by Crippen LogP contribution is -2.66. The molecule has 5 saturated carbocycles. The first-order valence-electron chi connectivity index (χ1n) is 16.9. The molecule has 0 saturated heterocycles. The number of benzene rings is 1. The Bertz CT molecular complexity index is 1210. The van der Waals surface area contributed by atoms with Crippen molar-refractivity contribution < 1.29 is 9.53 Å². The largest absolute Gasteiger partial charge is 0.459 e. The van der Waals surface area contributed by atoms with Crippen molar-refractivity contribution in [2.24, 2.45) is 56.7 Å². The second-order valence-electron chi connectivity index (χ2n) is 16.9. The van der Waals surface area contributed by atoms with Gasteiger partial charge in [0.05, 0.1) is 0 Å². The van der Waals surface area contributed by atoms with Gasteiger partial charge < -0.3 is 4.74 Å². The summed E-state index contributed by atoms with van der Waals surface area (Å²) in [6, 6.07) is 10.0. The molecule has 6 rings (SSSR count). The van der Waals surface area contributed by atoms with Gasteiger partial charge in [0.2, 0.25) is 0 Å². The monoisotopic (exact) mass is 556 g/mol. The van der Waals surface area contributed by atoms with Gasteiger partial charge in [0.15, 0.2) is 0 Å². The van der Waals surface area contributed by atoms with Gasteiger partial charge in [-0.15, -0.1) is 0 Å². The van der Waals surface area contributed by atoms with Crippen LogP contribution in [0.5, 0.6) is 0 Å². The molecule has 5 aliphatic rings. The quantitative estimate of drug-likeness (QED) is 0.209. The smallest absolute Gasteiger partial charge is 0.331 e. The summed E-state index contributed by atoms with van der Waals surface area (Å²) < 4.78 is 6.25. The molecule has 2 nitrogen and oxygen atoms in total. The molecule has 0 unspecified atom stereocenters. The second kappa shape index (κ2) is 9.85. The van der Waals surface area contributed by atoms with E-state index in [0.717, 1.165) is 35.7 Å². The highest BCUT2D eigenvalue weighted by Gasteiger charge is 2.70. The Morgan fingerprint density at radius 2 is 1.56 bits per heavy atom. The lowest BCUT2D eigenvalue weighted by molar-refractivity contribution is -0.248. The van der Waals surface area contributed by atoms with Gasteiger partial charge in [0.1, 0.15) is 6.10 Å². The fourth-order valence-corrected chi connectivity index (χ4v) is 12.6. The molecular formula is C39H56O2. The highest BCUT2D eigenvalue weighted by atomic mass is 16.5. The van der Waals surface area contributed by atoms with E-state index >= 15 is 0 Å². The first kappa shape index (κ1) is 29.3. The molecule has 0 radical (unpaired) electrons. The minimum absolute atomic E-state index is 0.0185. The minimum atomic E-state index is -0.196. The second-order valence-corrected chi connectivity index (χ2v) is 16.9. The highest BCUT2D eigenvalue weighted by Crippen LogP contribution is 2.77. The number of carbonyl (C=O) groups excluding carboxylic acids is 1. The summed E-state index contributed by atoms with van der Waals surface area (Å²) in [4.78, 5) is 13.0. The van der Waals surface area contributed by atoms with Crippen molar-refractivity contribution in [2.45, 2.75) is 119 Å². The molecule has 1 aromatic carbocycles. The van der Waals surface area contributed by atoms with Gasteiger partial charge in [-0.25, -0.2) is 4.79 Å². The van der Waals surface area contributed by atoms with Gasteiger partial charge in [-0.3, -0.25) is 0 Å². The normalized spacial score (nSPS) is 46.6. The van der Waals surface area contributed by atoms with E-state index in [2.05, 4.69) is 55.0 Å². The van der Waals surface area contributed by atoms with Crippen LogP contribution in [0, 0.1) is 56.7 Å². The van der Waals surface area contributed by atoms with Crippen LogP contribution in [-0.4, -0.2) is 12.1 Å². The van der Waals surface area contributed by atoms with Crippen molar-refractivity contribution in [3.8, 4) is 0 Å².